The second-order valence-electron chi connectivity index (χ2n) is 5.77. The number of halogens is 1. The van der Waals surface area contributed by atoms with Gasteiger partial charge in [0.25, 0.3) is 0 Å². The van der Waals surface area contributed by atoms with Crippen LogP contribution in [0.15, 0.2) is 18.2 Å². The quantitative estimate of drug-likeness (QED) is 0.702. The molecule has 0 fully saturated rings. The van der Waals surface area contributed by atoms with E-state index in [4.69, 9.17) is 10.5 Å². The summed E-state index contributed by atoms with van der Waals surface area (Å²) in [7, 11) is 0. The summed E-state index contributed by atoms with van der Waals surface area (Å²) in [6.45, 7) is 6.15. The first kappa shape index (κ1) is 17.7. The molecule has 0 heterocycles. The van der Waals surface area contributed by atoms with Crippen LogP contribution < -0.4 is 16.4 Å². The van der Waals surface area contributed by atoms with Crippen molar-refractivity contribution in [1.82, 2.24) is 5.32 Å². The number of rotatable bonds is 6. The zero-order valence-corrected chi connectivity index (χ0v) is 13.0. The Morgan fingerprint density at radius 2 is 1.95 bits per heavy atom. The fourth-order valence-electron chi connectivity index (χ4n) is 1.63. The number of nitrogens with one attached hydrogen (secondary N) is 2. The maximum atomic E-state index is 13.6. The number of hydrogen-bond acceptors (Lipinski definition) is 4. The Morgan fingerprint density at radius 1 is 1.27 bits per heavy atom. The maximum absolute atomic E-state index is 13.6. The lowest BCUT2D eigenvalue weighted by molar-refractivity contribution is 0.0527. The molecule has 7 heteroatoms. The van der Waals surface area contributed by atoms with E-state index >= 15 is 0 Å². The summed E-state index contributed by atoms with van der Waals surface area (Å²) in [5, 5.41) is 5.46. The SMILES string of the molecule is CC(C)(C)OC(=O)NCCCNc1cc(C(N)=O)ccc1F. The molecule has 6 nitrogen and oxygen atoms in total. The monoisotopic (exact) mass is 311 g/mol. The van der Waals surface area contributed by atoms with Crippen LogP contribution in [0.4, 0.5) is 14.9 Å². The molecule has 0 radical (unpaired) electrons. The summed E-state index contributed by atoms with van der Waals surface area (Å²) >= 11 is 0. The van der Waals surface area contributed by atoms with Crippen molar-refractivity contribution in [2.24, 2.45) is 5.73 Å². The number of alkyl carbamates (subject to hydrolysis) is 1. The largest absolute Gasteiger partial charge is 0.444 e. The van der Waals surface area contributed by atoms with Gasteiger partial charge in [0.1, 0.15) is 11.4 Å². The molecule has 0 unspecified atom stereocenters. The third-order valence-electron chi connectivity index (χ3n) is 2.59. The average Bonchev–Trinajstić information content (AvgIpc) is 2.37. The van der Waals surface area contributed by atoms with Crippen molar-refractivity contribution in [3.8, 4) is 0 Å². The molecule has 122 valence electrons. The summed E-state index contributed by atoms with van der Waals surface area (Å²) < 4.78 is 18.6. The van der Waals surface area contributed by atoms with Crippen molar-refractivity contribution in [3.63, 3.8) is 0 Å². The van der Waals surface area contributed by atoms with E-state index in [1.165, 1.54) is 18.2 Å². The molecule has 1 aromatic carbocycles. The second kappa shape index (κ2) is 7.63. The van der Waals surface area contributed by atoms with E-state index in [0.29, 0.717) is 19.5 Å². The van der Waals surface area contributed by atoms with Gasteiger partial charge in [0, 0.05) is 18.7 Å². The van der Waals surface area contributed by atoms with E-state index < -0.39 is 23.4 Å². The Kier molecular flexibility index (Phi) is 6.15. The maximum Gasteiger partial charge on any atom is 0.407 e. The van der Waals surface area contributed by atoms with Gasteiger partial charge in [-0.15, -0.1) is 0 Å². The van der Waals surface area contributed by atoms with E-state index in [0.717, 1.165) is 0 Å². The fourth-order valence-corrected chi connectivity index (χ4v) is 1.63. The van der Waals surface area contributed by atoms with Crippen LogP contribution in [0.25, 0.3) is 0 Å². The molecule has 22 heavy (non-hydrogen) atoms. The predicted molar refractivity (Wildman–Crippen MR) is 82.3 cm³/mol. The van der Waals surface area contributed by atoms with Gasteiger partial charge in [-0.05, 0) is 45.4 Å². The Labute approximate surface area is 129 Å². The van der Waals surface area contributed by atoms with Gasteiger partial charge in [-0.3, -0.25) is 4.79 Å². The summed E-state index contributed by atoms with van der Waals surface area (Å²) in [5.41, 5.74) is 5.04. The highest BCUT2D eigenvalue weighted by molar-refractivity contribution is 5.93. The Morgan fingerprint density at radius 3 is 2.55 bits per heavy atom. The number of carbonyl (C=O) groups excluding carboxylic acids is 2. The zero-order valence-electron chi connectivity index (χ0n) is 13.0. The highest BCUT2D eigenvalue weighted by Gasteiger charge is 2.15. The number of primary amides is 1. The van der Waals surface area contributed by atoms with Crippen molar-refractivity contribution in [2.45, 2.75) is 32.8 Å². The number of hydrogen-bond donors (Lipinski definition) is 3. The summed E-state index contributed by atoms with van der Waals surface area (Å²) in [6.07, 6.45) is 0.0776. The zero-order chi connectivity index (χ0) is 16.8. The van der Waals surface area contributed by atoms with Gasteiger partial charge < -0.3 is 21.1 Å². The molecule has 1 rings (SSSR count). The third kappa shape index (κ3) is 6.43. The van der Waals surface area contributed by atoms with Crippen LogP contribution in [0.2, 0.25) is 0 Å². The molecule has 0 aliphatic carbocycles. The molecule has 0 spiro atoms. The Balaban J connectivity index is 2.35. The van der Waals surface area contributed by atoms with Crippen molar-refractivity contribution in [2.75, 3.05) is 18.4 Å². The molecule has 0 aliphatic rings. The van der Waals surface area contributed by atoms with Crippen molar-refractivity contribution >= 4 is 17.7 Å². The summed E-state index contributed by atoms with van der Waals surface area (Å²) in [4.78, 5) is 22.4. The van der Waals surface area contributed by atoms with E-state index in [1.54, 1.807) is 20.8 Å². The van der Waals surface area contributed by atoms with Gasteiger partial charge in [0.05, 0.1) is 5.69 Å². The van der Waals surface area contributed by atoms with Crippen molar-refractivity contribution in [3.05, 3.63) is 29.6 Å². The van der Waals surface area contributed by atoms with Gasteiger partial charge in [0.2, 0.25) is 5.91 Å². The number of nitrogens with two attached hydrogens (primary N) is 1. The average molecular weight is 311 g/mol. The van der Waals surface area contributed by atoms with Crippen LogP contribution >= 0.6 is 0 Å². The third-order valence-corrected chi connectivity index (χ3v) is 2.59. The Bertz CT molecular complexity index is 541. The number of amides is 2. The molecule has 2 amide bonds. The molecular formula is C15H22FN3O3. The first-order chi connectivity index (χ1) is 10.2. The first-order valence-corrected chi connectivity index (χ1v) is 6.99. The van der Waals surface area contributed by atoms with Crippen molar-refractivity contribution in [1.29, 1.82) is 0 Å². The summed E-state index contributed by atoms with van der Waals surface area (Å²) in [6, 6.07) is 3.87. The van der Waals surface area contributed by atoms with E-state index in [1.807, 2.05) is 0 Å². The van der Waals surface area contributed by atoms with Crippen molar-refractivity contribution < 1.29 is 18.7 Å². The minimum atomic E-state index is -0.616. The minimum Gasteiger partial charge on any atom is -0.444 e. The lowest BCUT2D eigenvalue weighted by atomic mass is 10.2. The van der Waals surface area contributed by atoms with Gasteiger partial charge in [0.15, 0.2) is 0 Å². The standard InChI is InChI=1S/C15H22FN3O3/c1-15(2,3)22-14(21)19-8-4-7-18-12-9-10(13(17)20)5-6-11(12)16/h5-6,9,18H,4,7-8H2,1-3H3,(H2,17,20)(H,19,21). The first-order valence-electron chi connectivity index (χ1n) is 6.99. The molecule has 0 aromatic heterocycles. The van der Waals surface area contributed by atoms with Gasteiger partial charge in [-0.1, -0.05) is 0 Å². The molecule has 0 saturated carbocycles. The van der Waals surface area contributed by atoms with E-state index in [9.17, 15) is 14.0 Å². The van der Waals surface area contributed by atoms with Crippen LogP contribution in [-0.4, -0.2) is 30.7 Å². The fraction of sp³-hybridized carbons (Fsp3) is 0.467. The van der Waals surface area contributed by atoms with Gasteiger partial charge >= 0.3 is 6.09 Å². The van der Waals surface area contributed by atoms with Crippen LogP contribution in [0, 0.1) is 5.82 Å². The van der Waals surface area contributed by atoms with Crippen LogP contribution in [-0.2, 0) is 4.74 Å². The van der Waals surface area contributed by atoms with Crippen LogP contribution in [0.5, 0.6) is 0 Å². The Hall–Kier alpha value is -2.31. The smallest absolute Gasteiger partial charge is 0.407 e. The highest BCUT2D eigenvalue weighted by atomic mass is 19.1. The minimum absolute atomic E-state index is 0.202. The lowest BCUT2D eigenvalue weighted by Gasteiger charge is -2.19. The van der Waals surface area contributed by atoms with E-state index in [2.05, 4.69) is 10.6 Å². The number of anilines is 1. The molecule has 0 atom stereocenters. The number of ether oxygens (including phenoxy) is 1. The van der Waals surface area contributed by atoms with Gasteiger partial charge in [-0.2, -0.15) is 0 Å². The number of carbonyl (C=O) groups is 2. The lowest BCUT2D eigenvalue weighted by Crippen LogP contribution is -2.33. The predicted octanol–water partition coefficient (Wildman–Crippen LogP) is 2.25. The molecule has 0 bridgehead atoms. The molecule has 4 N–H and O–H groups in total. The molecule has 1 aromatic rings. The van der Waals surface area contributed by atoms with E-state index in [-0.39, 0.29) is 11.3 Å². The molecule has 0 aliphatic heterocycles. The number of benzene rings is 1. The van der Waals surface area contributed by atoms with Crippen LogP contribution in [0.3, 0.4) is 0 Å². The highest BCUT2D eigenvalue weighted by Crippen LogP contribution is 2.15. The normalized spacial score (nSPS) is 10.9. The summed E-state index contributed by atoms with van der Waals surface area (Å²) in [5.74, 6) is -1.08. The topological polar surface area (TPSA) is 93.4 Å². The second-order valence-corrected chi connectivity index (χ2v) is 5.77. The molecular weight excluding hydrogens is 289 g/mol. The van der Waals surface area contributed by atoms with Gasteiger partial charge in [-0.25, -0.2) is 9.18 Å². The van der Waals surface area contributed by atoms with Crippen LogP contribution in [0.1, 0.15) is 37.6 Å². The molecule has 0 saturated heterocycles.